The first kappa shape index (κ1) is 14.1. The van der Waals surface area contributed by atoms with E-state index in [4.69, 9.17) is 16.3 Å². The van der Waals surface area contributed by atoms with Crippen LogP contribution in [0.15, 0.2) is 29.2 Å². The van der Waals surface area contributed by atoms with Crippen molar-refractivity contribution in [2.24, 2.45) is 0 Å². The van der Waals surface area contributed by atoms with Gasteiger partial charge >= 0.3 is 5.97 Å². The summed E-state index contributed by atoms with van der Waals surface area (Å²) in [4.78, 5) is 23.3. The molecule has 0 heterocycles. The highest BCUT2D eigenvalue weighted by Gasteiger charge is 2.11. The predicted molar refractivity (Wildman–Crippen MR) is 68.4 cm³/mol. The Morgan fingerprint density at radius 1 is 1.35 bits per heavy atom. The third-order valence-corrected chi connectivity index (χ3v) is 3.45. The zero-order valence-corrected chi connectivity index (χ0v) is 11.0. The van der Waals surface area contributed by atoms with Crippen molar-refractivity contribution in [3.8, 4) is 0 Å². The number of hydrogen-bond donors (Lipinski definition) is 0. The number of Topliss-reactive ketones (excluding diaryl/α,β-unsaturated/α-hetero) is 1. The van der Waals surface area contributed by atoms with Crippen LogP contribution >= 0.6 is 23.4 Å². The van der Waals surface area contributed by atoms with Crippen molar-refractivity contribution in [2.45, 2.75) is 18.2 Å². The fourth-order valence-corrected chi connectivity index (χ4v) is 2.24. The summed E-state index contributed by atoms with van der Waals surface area (Å²) >= 11 is 7.27. The number of ketones is 1. The maximum Gasteiger partial charge on any atom is 0.313 e. The molecule has 1 rings (SSSR count). The first-order valence-electron chi connectivity index (χ1n) is 5.18. The van der Waals surface area contributed by atoms with Crippen molar-refractivity contribution >= 4 is 35.1 Å². The molecule has 0 amide bonds. The minimum atomic E-state index is -0.475. The lowest BCUT2D eigenvalue weighted by Crippen LogP contribution is -2.12. The molecule has 0 aromatic heterocycles. The van der Waals surface area contributed by atoms with Gasteiger partial charge in [0.2, 0.25) is 0 Å². The summed E-state index contributed by atoms with van der Waals surface area (Å²) in [6, 6.07) is 7.28. The van der Waals surface area contributed by atoms with E-state index in [0.29, 0.717) is 11.6 Å². The Hall–Kier alpha value is -1.00. The van der Waals surface area contributed by atoms with Crippen LogP contribution in [0.5, 0.6) is 0 Å². The summed E-state index contributed by atoms with van der Waals surface area (Å²) in [5, 5.41) is 0.612. The molecule has 0 fully saturated rings. The van der Waals surface area contributed by atoms with Gasteiger partial charge in [-0.15, -0.1) is 11.8 Å². The van der Waals surface area contributed by atoms with Gasteiger partial charge in [0.25, 0.3) is 0 Å². The monoisotopic (exact) mass is 272 g/mol. The van der Waals surface area contributed by atoms with E-state index in [1.165, 1.54) is 11.8 Å². The number of carbonyl (C=O) groups is 2. The summed E-state index contributed by atoms with van der Waals surface area (Å²) in [5.74, 6) is -0.409. The van der Waals surface area contributed by atoms with E-state index in [9.17, 15) is 9.59 Å². The molecule has 0 unspecified atom stereocenters. The van der Waals surface area contributed by atoms with Crippen LogP contribution in [0.25, 0.3) is 0 Å². The van der Waals surface area contributed by atoms with Gasteiger partial charge in [0.05, 0.1) is 17.4 Å². The lowest BCUT2D eigenvalue weighted by Gasteiger charge is -2.03. The molecule has 0 aliphatic carbocycles. The summed E-state index contributed by atoms with van der Waals surface area (Å²) in [6.45, 7) is 2.00. The molecule has 3 nitrogen and oxygen atoms in total. The van der Waals surface area contributed by atoms with E-state index in [1.807, 2.05) is 18.2 Å². The smallest absolute Gasteiger partial charge is 0.313 e. The zero-order valence-electron chi connectivity index (χ0n) is 9.44. The highest BCUT2D eigenvalue weighted by molar-refractivity contribution is 8.00. The Bertz CT molecular complexity index is 406. The number of ether oxygens (including phenoxy) is 1. The van der Waals surface area contributed by atoms with Crippen LogP contribution in [0.1, 0.15) is 13.3 Å². The van der Waals surface area contributed by atoms with Gasteiger partial charge in [-0.3, -0.25) is 9.59 Å². The molecule has 0 radical (unpaired) electrons. The highest BCUT2D eigenvalue weighted by atomic mass is 35.5. The molecule has 1 aromatic rings. The molecule has 0 spiro atoms. The SMILES string of the molecule is CCOC(=O)CC(=O)CSc1ccccc1Cl. The fraction of sp³-hybridized carbons (Fsp3) is 0.333. The first-order valence-corrected chi connectivity index (χ1v) is 6.54. The van der Waals surface area contributed by atoms with Crippen molar-refractivity contribution in [3.63, 3.8) is 0 Å². The van der Waals surface area contributed by atoms with Crippen molar-refractivity contribution in [1.29, 1.82) is 0 Å². The maximum absolute atomic E-state index is 11.4. The quantitative estimate of drug-likeness (QED) is 0.454. The number of benzene rings is 1. The van der Waals surface area contributed by atoms with Crippen LogP contribution in [-0.4, -0.2) is 24.1 Å². The average Bonchev–Trinajstić information content (AvgIpc) is 2.28. The molecule has 0 aliphatic heterocycles. The van der Waals surface area contributed by atoms with Gasteiger partial charge in [-0.2, -0.15) is 0 Å². The van der Waals surface area contributed by atoms with E-state index < -0.39 is 5.97 Å². The Morgan fingerprint density at radius 3 is 2.71 bits per heavy atom. The standard InChI is InChI=1S/C12H13ClO3S/c1-2-16-12(15)7-9(14)8-17-11-6-4-3-5-10(11)13/h3-6H,2,7-8H2,1H3. The Balaban J connectivity index is 2.38. The van der Waals surface area contributed by atoms with Crippen LogP contribution < -0.4 is 0 Å². The van der Waals surface area contributed by atoms with E-state index in [1.54, 1.807) is 13.0 Å². The van der Waals surface area contributed by atoms with Gasteiger partial charge < -0.3 is 4.74 Å². The highest BCUT2D eigenvalue weighted by Crippen LogP contribution is 2.26. The summed E-state index contributed by atoms with van der Waals surface area (Å²) in [7, 11) is 0. The normalized spacial score (nSPS) is 10.0. The van der Waals surface area contributed by atoms with Gasteiger partial charge in [-0.1, -0.05) is 23.7 Å². The number of esters is 1. The lowest BCUT2D eigenvalue weighted by atomic mass is 10.3. The number of thioether (sulfide) groups is 1. The number of carbonyl (C=O) groups excluding carboxylic acids is 2. The third kappa shape index (κ3) is 5.24. The summed E-state index contributed by atoms with van der Waals surface area (Å²) < 4.78 is 4.69. The van der Waals surface area contributed by atoms with Crippen LogP contribution in [0, 0.1) is 0 Å². The van der Waals surface area contributed by atoms with Gasteiger partial charge in [0.15, 0.2) is 5.78 Å². The molecule has 17 heavy (non-hydrogen) atoms. The Kier molecular flexibility index (Phi) is 6.08. The minimum Gasteiger partial charge on any atom is -0.466 e. The summed E-state index contributed by atoms with van der Waals surface area (Å²) in [6.07, 6.45) is -0.175. The second kappa shape index (κ2) is 7.35. The van der Waals surface area contributed by atoms with E-state index in [0.717, 1.165) is 4.90 Å². The van der Waals surface area contributed by atoms with Crippen molar-refractivity contribution in [3.05, 3.63) is 29.3 Å². The molecule has 0 N–H and O–H groups in total. The largest absolute Gasteiger partial charge is 0.466 e. The van der Waals surface area contributed by atoms with Crippen LogP contribution in [-0.2, 0) is 14.3 Å². The second-order valence-corrected chi connectivity index (χ2v) is 4.66. The number of hydrogen-bond acceptors (Lipinski definition) is 4. The molecular formula is C12H13ClO3S. The molecule has 0 bridgehead atoms. The van der Waals surface area contributed by atoms with Crippen molar-refractivity contribution in [1.82, 2.24) is 0 Å². The lowest BCUT2D eigenvalue weighted by molar-refractivity contribution is -0.145. The molecular weight excluding hydrogens is 260 g/mol. The van der Waals surface area contributed by atoms with Crippen LogP contribution in [0.3, 0.4) is 0 Å². The Morgan fingerprint density at radius 2 is 2.06 bits per heavy atom. The Labute approximate surface area is 109 Å². The topological polar surface area (TPSA) is 43.4 Å². The van der Waals surface area contributed by atoms with Crippen molar-refractivity contribution < 1.29 is 14.3 Å². The predicted octanol–water partition coefficient (Wildman–Crippen LogP) is 2.95. The minimum absolute atomic E-state index is 0.159. The molecule has 0 saturated heterocycles. The van der Waals surface area contributed by atoms with Gasteiger partial charge in [-0.25, -0.2) is 0 Å². The average molecular weight is 273 g/mol. The van der Waals surface area contributed by atoms with Gasteiger partial charge in [-0.05, 0) is 19.1 Å². The van der Waals surface area contributed by atoms with E-state index >= 15 is 0 Å². The van der Waals surface area contributed by atoms with E-state index in [2.05, 4.69) is 0 Å². The molecule has 5 heteroatoms. The molecule has 0 atom stereocenters. The second-order valence-electron chi connectivity index (χ2n) is 3.24. The fourth-order valence-electron chi connectivity index (χ4n) is 1.14. The zero-order chi connectivity index (χ0) is 12.7. The van der Waals surface area contributed by atoms with E-state index in [-0.39, 0.29) is 18.0 Å². The number of rotatable bonds is 6. The first-order chi connectivity index (χ1) is 8.13. The summed E-state index contributed by atoms with van der Waals surface area (Å²) in [5.41, 5.74) is 0. The molecule has 92 valence electrons. The van der Waals surface area contributed by atoms with Crippen LogP contribution in [0.2, 0.25) is 5.02 Å². The van der Waals surface area contributed by atoms with Crippen LogP contribution in [0.4, 0.5) is 0 Å². The van der Waals surface area contributed by atoms with Crippen molar-refractivity contribution in [2.75, 3.05) is 12.4 Å². The van der Waals surface area contributed by atoms with Gasteiger partial charge in [0.1, 0.15) is 6.42 Å². The third-order valence-electron chi connectivity index (χ3n) is 1.87. The van der Waals surface area contributed by atoms with Gasteiger partial charge in [0, 0.05) is 4.90 Å². The molecule has 0 aliphatic rings. The number of halogens is 1. The molecule has 0 saturated carbocycles. The molecule has 1 aromatic carbocycles. The maximum atomic E-state index is 11.4.